The van der Waals surface area contributed by atoms with Gasteiger partial charge in [0.05, 0.1) is 25.3 Å². The summed E-state index contributed by atoms with van der Waals surface area (Å²) in [7, 11) is 3.12. The van der Waals surface area contributed by atoms with E-state index >= 15 is 0 Å². The highest BCUT2D eigenvalue weighted by molar-refractivity contribution is 5.82. The summed E-state index contributed by atoms with van der Waals surface area (Å²) in [5.74, 6) is 1.05. The van der Waals surface area contributed by atoms with E-state index in [0.29, 0.717) is 11.5 Å². The number of hydrogen-bond donors (Lipinski definition) is 1. The molecule has 0 aliphatic heterocycles. The standard InChI is InChI=1S/C15H20N2O4/c1-4-5-6-14-16-10-7-12(20-2)13(21-3)8-11(10)17(14)9-15(18)19/h7-8H,4-6,9H2,1-3H3,(H,18,19). The molecule has 0 aliphatic rings. The summed E-state index contributed by atoms with van der Waals surface area (Å²) in [6.07, 6.45) is 2.75. The van der Waals surface area contributed by atoms with Gasteiger partial charge < -0.3 is 19.1 Å². The Hall–Kier alpha value is -2.24. The third kappa shape index (κ3) is 3.09. The summed E-state index contributed by atoms with van der Waals surface area (Å²) in [5.41, 5.74) is 1.47. The molecule has 114 valence electrons. The summed E-state index contributed by atoms with van der Waals surface area (Å²) < 4.78 is 12.3. The largest absolute Gasteiger partial charge is 0.493 e. The van der Waals surface area contributed by atoms with Crippen molar-refractivity contribution in [3.8, 4) is 11.5 Å². The number of carboxylic acids is 1. The number of hydrogen-bond acceptors (Lipinski definition) is 4. The van der Waals surface area contributed by atoms with Crippen LogP contribution in [0, 0.1) is 0 Å². The first-order valence-corrected chi connectivity index (χ1v) is 6.93. The molecule has 1 aromatic heterocycles. The van der Waals surface area contributed by atoms with Gasteiger partial charge in [-0.25, -0.2) is 4.98 Å². The van der Waals surface area contributed by atoms with Crippen LogP contribution < -0.4 is 9.47 Å². The van der Waals surface area contributed by atoms with Crippen LogP contribution in [-0.2, 0) is 17.8 Å². The second-order valence-corrected chi connectivity index (χ2v) is 4.81. The van der Waals surface area contributed by atoms with Crippen molar-refractivity contribution in [1.82, 2.24) is 9.55 Å². The molecule has 0 radical (unpaired) electrons. The number of carbonyl (C=O) groups is 1. The van der Waals surface area contributed by atoms with Gasteiger partial charge in [-0.3, -0.25) is 4.79 Å². The van der Waals surface area contributed by atoms with Gasteiger partial charge in [-0.1, -0.05) is 13.3 Å². The molecule has 1 aromatic carbocycles. The lowest BCUT2D eigenvalue weighted by Crippen LogP contribution is -2.12. The zero-order chi connectivity index (χ0) is 15.4. The fraction of sp³-hybridized carbons (Fsp3) is 0.467. The van der Waals surface area contributed by atoms with E-state index in [1.54, 1.807) is 30.9 Å². The minimum Gasteiger partial charge on any atom is -0.493 e. The van der Waals surface area contributed by atoms with E-state index in [1.807, 2.05) is 0 Å². The second-order valence-electron chi connectivity index (χ2n) is 4.81. The lowest BCUT2D eigenvalue weighted by atomic mass is 10.2. The Kier molecular flexibility index (Phi) is 4.67. The summed E-state index contributed by atoms with van der Waals surface area (Å²) in [6.45, 7) is 1.99. The molecule has 1 N–H and O–H groups in total. The Morgan fingerprint density at radius 1 is 1.29 bits per heavy atom. The third-order valence-corrected chi connectivity index (χ3v) is 3.38. The lowest BCUT2D eigenvalue weighted by molar-refractivity contribution is -0.137. The molecule has 0 fully saturated rings. The molecule has 6 nitrogen and oxygen atoms in total. The number of carboxylic acid groups (broad SMARTS) is 1. The Bertz CT molecular complexity index is 649. The number of nitrogens with zero attached hydrogens (tertiary/aromatic N) is 2. The maximum atomic E-state index is 11.1. The molecule has 0 saturated carbocycles. The first-order valence-electron chi connectivity index (χ1n) is 6.93. The van der Waals surface area contributed by atoms with Crippen LogP contribution in [0.25, 0.3) is 11.0 Å². The van der Waals surface area contributed by atoms with Crippen molar-refractivity contribution in [2.24, 2.45) is 0 Å². The molecule has 0 saturated heterocycles. The highest BCUT2D eigenvalue weighted by atomic mass is 16.5. The van der Waals surface area contributed by atoms with Crippen molar-refractivity contribution >= 4 is 17.0 Å². The number of rotatable bonds is 7. The Morgan fingerprint density at radius 3 is 2.52 bits per heavy atom. The van der Waals surface area contributed by atoms with Crippen LogP contribution in [0.3, 0.4) is 0 Å². The molecule has 0 aliphatic carbocycles. The number of aryl methyl sites for hydroxylation is 1. The number of aliphatic carboxylic acids is 1. The van der Waals surface area contributed by atoms with Crippen LogP contribution in [-0.4, -0.2) is 34.8 Å². The van der Waals surface area contributed by atoms with Crippen molar-refractivity contribution < 1.29 is 19.4 Å². The fourth-order valence-electron chi connectivity index (χ4n) is 2.34. The van der Waals surface area contributed by atoms with Gasteiger partial charge in [-0.15, -0.1) is 0 Å². The van der Waals surface area contributed by atoms with Gasteiger partial charge in [0.2, 0.25) is 0 Å². The van der Waals surface area contributed by atoms with Crippen LogP contribution in [0.4, 0.5) is 0 Å². The van der Waals surface area contributed by atoms with Gasteiger partial charge in [0.15, 0.2) is 11.5 Å². The first-order chi connectivity index (χ1) is 10.1. The molecule has 0 atom stereocenters. The van der Waals surface area contributed by atoms with E-state index < -0.39 is 5.97 Å². The zero-order valence-corrected chi connectivity index (χ0v) is 12.5. The number of aromatic nitrogens is 2. The molecule has 0 bridgehead atoms. The Labute approximate surface area is 123 Å². The fourth-order valence-corrected chi connectivity index (χ4v) is 2.34. The van der Waals surface area contributed by atoms with Gasteiger partial charge in [0.25, 0.3) is 0 Å². The summed E-state index contributed by atoms with van der Waals surface area (Å²) in [4.78, 5) is 15.7. The number of benzene rings is 1. The Morgan fingerprint density at radius 2 is 1.95 bits per heavy atom. The molecule has 21 heavy (non-hydrogen) atoms. The van der Waals surface area contributed by atoms with Crippen LogP contribution in [0.5, 0.6) is 11.5 Å². The number of unbranched alkanes of at least 4 members (excludes halogenated alkanes) is 1. The van der Waals surface area contributed by atoms with Crippen molar-refractivity contribution in [2.45, 2.75) is 32.7 Å². The van der Waals surface area contributed by atoms with Crippen LogP contribution in [0.1, 0.15) is 25.6 Å². The monoisotopic (exact) mass is 292 g/mol. The lowest BCUT2D eigenvalue weighted by Gasteiger charge is -2.09. The molecule has 0 spiro atoms. The van der Waals surface area contributed by atoms with Gasteiger partial charge in [-0.2, -0.15) is 0 Å². The molecule has 0 amide bonds. The van der Waals surface area contributed by atoms with Crippen molar-refractivity contribution in [2.75, 3.05) is 14.2 Å². The van der Waals surface area contributed by atoms with E-state index in [4.69, 9.17) is 14.6 Å². The molecular weight excluding hydrogens is 272 g/mol. The highest BCUT2D eigenvalue weighted by Crippen LogP contribution is 2.32. The van der Waals surface area contributed by atoms with Crippen molar-refractivity contribution in [1.29, 1.82) is 0 Å². The first kappa shape index (κ1) is 15.2. The maximum Gasteiger partial charge on any atom is 0.323 e. The smallest absolute Gasteiger partial charge is 0.323 e. The maximum absolute atomic E-state index is 11.1. The average molecular weight is 292 g/mol. The minimum absolute atomic E-state index is 0.106. The second kappa shape index (κ2) is 6.47. The van der Waals surface area contributed by atoms with E-state index in [0.717, 1.165) is 36.1 Å². The van der Waals surface area contributed by atoms with Gasteiger partial charge >= 0.3 is 5.97 Å². The number of methoxy groups -OCH3 is 2. The van der Waals surface area contributed by atoms with Gasteiger partial charge in [0, 0.05) is 18.6 Å². The van der Waals surface area contributed by atoms with E-state index in [1.165, 1.54) is 0 Å². The molecule has 6 heteroatoms. The number of imidazole rings is 1. The minimum atomic E-state index is -0.887. The SMILES string of the molecule is CCCCc1nc2cc(OC)c(OC)cc2n1CC(=O)O. The van der Waals surface area contributed by atoms with E-state index in [-0.39, 0.29) is 6.54 Å². The van der Waals surface area contributed by atoms with Crippen molar-refractivity contribution in [3.05, 3.63) is 18.0 Å². The number of fused-ring (bicyclic) bond motifs is 1. The molecule has 0 unspecified atom stereocenters. The van der Waals surface area contributed by atoms with Crippen LogP contribution >= 0.6 is 0 Å². The third-order valence-electron chi connectivity index (χ3n) is 3.38. The summed E-state index contributed by atoms with van der Waals surface area (Å²) in [6, 6.07) is 3.56. The van der Waals surface area contributed by atoms with Gasteiger partial charge in [-0.05, 0) is 6.42 Å². The van der Waals surface area contributed by atoms with E-state index in [9.17, 15) is 4.79 Å². The van der Waals surface area contributed by atoms with Crippen molar-refractivity contribution in [3.63, 3.8) is 0 Å². The average Bonchev–Trinajstić information content (AvgIpc) is 2.80. The van der Waals surface area contributed by atoms with Crippen LogP contribution in [0.2, 0.25) is 0 Å². The van der Waals surface area contributed by atoms with Crippen LogP contribution in [0.15, 0.2) is 12.1 Å². The molecule has 2 rings (SSSR count). The predicted molar refractivity (Wildman–Crippen MR) is 79.1 cm³/mol. The summed E-state index contributed by atoms with van der Waals surface area (Å²) >= 11 is 0. The number of ether oxygens (including phenoxy) is 2. The summed E-state index contributed by atoms with van der Waals surface area (Å²) in [5, 5.41) is 9.12. The Balaban J connectivity index is 2.58. The highest BCUT2D eigenvalue weighted by Gasteiger charge is 2.16. The molecule has 1 heterocycles. The quantitative estimate of drug-likeness (QED) is 0.848. The topological polar surface area (TPSA) is 73.6 Å². The molecular formula is C15H20N2O4. The normalized spacial score (nSPS) is 10.8. The van der Waals surface area contributed by atoms with E-state index in [2.05, 4.69) is 11.9 Å². The van der Waals surface area contributed by atoms with Gasteiger partial charge in [0.1, 0.15) is 12.4 Å². The molecule has 2 aromatic rings. The zero-order valence-electron chi connectivity index (χ0n) is 12.5. The predicted octanol–water partition coefficient (Wildman–Crippen LogP) is 2.48.